The monoisotopic (exact) mass is 453 g/mol. The Kier molecular flexibility index (Phi) is 7.22. The summed E-state index contributed by atoms with van der Waals surface area (Å²) in [6.07, 6.45) is -2.80. The van der Waals surface area contributed by atoms with Crippen molar-refractivity contribution in [1.82, 2.24) is 9.55 Å². The highest BCUT2D eigenvalue weighted by Gasteiger charge is 2.30. The second-order valence-electron chi connectivity index (χ2n) is 8.01. The molecule has 2 heterocycles. The number of aliphatic hydroxyl groups excluding tert-OH is 2. The minimum absolute atomic E-state index is 0.0712. The highest BCUT2D eigenvalue weighted by Crippen LogP contribution is 2.35. The largest absolute Gasteiger partial charge is 0.487 e. The molecule has 3 rings (SSSR count). The zero-order chi connectivity index (χ0) is 23.5. The van der Waals surface area contributed by atoms with E-state index in [1.165, 1.54) is 6.07 Å². The molecule has 2 aromatic rings. The third kappa shape index (κ3) is 5.29. The standard InChI is InChI=1S/C21H25F2N3O6/c1-21(2)8-13-4-3-12(7-15(13)32-21)19(29)24-17-5-6-26(20(30)25-17)18(10-23)31-16(11-27)14(28)9-22/h3-7,14,16,18,27-28H,8-11H2,1-2H3,(H,24,25,29,30). The van der Waals surface area contributed by atoms with Crippen LogP contribution in [-0.4, -0.2) is 63.4 Å². The van der Waals surface area contributed by atoms with Crippen LogP contribution in [0.3, 0.4) is 0 Å². The van der Waals surface area contributed by atoms with E-state index in [0.29, 0.717) is 11.3 Å². The Morgan fingerprint density at radius 1 is 1.34 bits per heavy atom. The molecule has 0 fully saturated rings. The van der Waals surface area contributed by atoms with E-state index in [4.69, 9.17) is 9.47 Å². The Bertz CT molecular complexity index is 1030. The average molecular weight is 453 g/mol. The molecule has 1 aliphatic heterocycles. The van der Waals surface area contributed by atoms with E-state index >= 15 is 0 Å². The summed E-state index contributed by atoms with van der Waals surface area (Å²) in [6.45, 7) is 0.698. The number of aliphatic hydroxyl groups is 2. The van der Waals surface area contributed by atoms with Gasteiger partial charge in [-0.1, -0.05) is 6.07 Å². The highest BCUT2D eigenvalue weighted by molar-refractivity contribution is 6.04. The van der Waals surface area contributed by atoms with Crippen LogP contribution in [0.4, 0.5) is 14.6 Å². The van der Waals surface area contributed by atoms with Gasteiger partial charge >= 0.3 is 5.69 Å². The summed E-state index contributed by atoms with van der Waals surface area (Å²) in [5.74, 6) is 0.0245. The topological polar surface area (TPSA) is 123 Å². The molecule has 0 aliphatic carbocycles. The summed E-state index contributed by atoms with van der Waals surface area (Å²) in [5.41, 5.74) is -0.00345. The van der Waals surface area contributed by atoms with Crippen molar-refractivity contribution in [3.63, 3.8) is 0 Å². The maximum absolute atomic E-state index is 13.4. The molecule has 174 valence electrons. The first-order valence-corrected chi connectivity index (χ1v) is 9.96. The molecular formula is C21H25F2N3O6. The summed E-state index contributed by atoms with van der Waals surface area (Å²) >= 11 is 0. The van der Waals surface area contributed by atoms with Gasteiger partial charge in [0.2, 0.25) is 0 Å². The molecule has 0 saturated carbocycles. The van der Waals surface area contributed by atoms with Crippen LogP contribution < -0.4 is 15.7 Å². The fourth-order valence-electron chi connectivity index (χ4n) is 3.35. The molecule has 3 N–H and O–H groups in total. The molecule has 32 heavy (non-hydrogen) atoms. The number of aromatic nitrogens is 2. The molecule has 0 spiro atoms. The molecule has 0 saturated heterocycles. The number of rotatable bonds is 9. The minimum atomic E-state index is -1.68. The predicted octanol–water partition coefficient (Wildman–Crippen LogP) is 1.39. The minimum Gasteiger partial charge on any atom is -0.487 e. The van der Waals surface area contributed by atoms with Crippen molar-refractivity contribution >= 4 is 11.7 Å². The van der Waals surface area contributed by atoms with Crippen LogP contribution in [0.2, 0.25) is 0 Å². The highest BCUT2D eigenvalue weighted by atomic mass is 19.1. The summed E-state index contributed by atoms with van der Waals surface area (Å²) in [6, 6.07) is 6.31. The molecule has 1 amide bonds. The SMILES string of the molecule is CC1(C)Cc2ccc(C(=O)Nc3ccn(C(CF)OC(CO)C(O)CF)c(=O)n3)cc2O1. The molecule has 9 nitrogen and oxygen atoms in total. The summed E-state index contributed by atoms with van der Waals surface area (Å²) in [7, 11) is 0. The predicted molar refractivity (Wildman–Crippen MR) is 110 cm³/mol. The van der Waals surface area contributed by atoms with Crippen molar-refractivity contribution in [2.45, 2.75) is 44.3 Å². The van der Waals surface area contributed by atoms with Crippen molar-refractivity contribution in [1.29, 1.82) is 0 Å². The quantitative estimate of drug-likeness (QED) is 0.524. The van der Waals surface area contributed by atoms with Crippen molar-refractivity contribution in [3.8, 4) is 5.75 Å². The Hall–Kier alpha value is -2.89. The van der Waals surface area contributed by atoms with Gasteiger partial charge in [0.25, 0.3) is 5.91 Å². The van der Waals surface area contributed by atoms with Gasteiger partial charge in [0.1, 0.15) is 42.7 Å². The van der Waals surface area contributed by atoms with Gasteiger partial charge in [0.15, 0.2) is 6.23 Å². The second-order valence-corrected chi connectivity index (χ2v) is 8.01. The van der Waals surface area contributed by atoms with Gasteiger partial charge in [-0.25, -0.2) is 13.6 Å². The number of alkyl halides is 2. The molecule has 1 aliphatic rings. The fraction of sp³-hybridized carbons (Fsp3) is 0.476. The van der Waals surface area contributed by atoms with Gasteiger partial charge in [-0.3, -0.25) is 9.36 Å². The number of nitrogens with one attached hydrogen (secondary N) is 1. The number of hydrogen-bond donors (Lipinski definition) is 3. The van der Waals surface area contributed by atoms with Crippen molar-refractivity contribution in [2.24, 2.45) is 0 Å². The molecule has 3 unspecified atom stereocenters. The normalized spacial score (nSPS) is 17.2. The van der Waals surface area contributed by atoms with Crippen LogP contribution in [0.5, 0.6) is 5.75 Å². The van der Waals surface area contributed by atoms with Gasteiger partial charge in [-0.15, -0.1) is 0 Å². The van der Waals surface area contributed by atoms with Gasteiger partial charge in [-0.05, 0) is 37.6 Å². The van der Waals surface area contributed by atoms with Crippen LogP contribution in [0.15, 0.2) is 35.3 Å². The number of anilines is 1. The molecule has 1 aromatic heterocycles. The van der Waals surface area contributed by atoms with Crippen LogP contribution in [0, 0.1) is 0 Å². The Morgan fingerprint density at radius 3 is 2.72 bits per heavy atom. The Morgan fingerprint density at radius 2 is 2.09 bits per heavy atom. The Balaban J connectivity index is 1.72. The van der Waals surface area contributed by atoms with Crippen LogP contribution in [0.1, 0.15) is 36.0 Å². The lowest BCUT2D eigenvalue weighted by Gasteiger charge is -2.25. The number of nitrogens with zero attached hydrogens (tertiary/aromatic N) is 2. The van der Waals surface area contributed by atoms with Gasteiger partial charge in [0.05, 0.1) is 6.61 Å². The number of carbonyl (C=O) groups is 1. The summed E-state index contributed by atoms with van der Waals surface area (Å²) in [4.78, 5) is 28.6. The first-order chi connectivity index (χ1) is 15.2. The molecule has 0 bridgehead atoms. The number of fused-ring (bicyclic) bond motifs is 1. The summed E-state index contributed by atoms with van der Waals surface area (Å²) in [5, 5.41) is 21.2. The lowest BCUT2D eigenvalue weighted by atomic mass is 10.0. The lowest BCUT2D eigenvalue weighted by molar-refractivity contribution is -0.133. The zero-order valence-corrected chi connectivity index (χ0v) is 17.6. The smallest absolute Gasteiger partial charge is 0.351 e. The van der Waals surface area contributed by atoms with E-state index < -0.39 is 50.0 Å². The van der Waals surface area contributed by atoms with E-state index in [2.05, 4.69) is 10.3 Å². The molecular weight excluding hydrogens is 428 g/mol. The third-order valence-electron chi connectivity index (χ3n) is 4.94. The van der Waals surface area contributed by atoms with E-state index in [1.807, 2.05) is 13.8 Å². The number of ether oxygens (including phenoxy) is 2. The number of benzene rings is 1. The first kappa shape index (κ1) is 23.8. The molecule has 0 radical (unpaired) electrons. The third-order valence-corrected chi connectivity index (χ3v) is 4.94. The van der Waals surface area contributed by atoms with E-state index in [-0.39, 0.29) is 11.4 Å². The van der Waals surface area contributed by atoms with Crippen molar-refractivity contribution < 1.29 is 33.3 Å². The van der Waals surface area contributed by atoms with E-state index in [1.54, 1.807) is 18.2 Å². The van der Waals surface area contributed by atoms with Gasteiger partial charge in [0, 0.05) is 18.2 Å². The van der Waals surface area contributed by atoms with E-state index in [9.17, 15) is 28.6 Å². The number of hydrogen-bond acceptors (Lipinski definition) is 7. The van der Waals surface area contributed by atoms with Crippen LogP contribution >= 0.6 is 0 Å². The Labute approximate surface area is 182 Å². The molecule has 1 aromatic carbocycles. The van der Waals surface area contributed by atoms with Crippen molar-refractivity contribution in [2.75, 3.05) is 25.3 Å². The number of halogens is 2. The summed E-state index contributed by atoms with van der Waals surface area (Å²) < 4.78 is 37.8. The number of carbonyl (C=O) groups excluding carboxylic acids is 1. The molecule has 11 heteroatoms. The fourth-order valence-corrected chi connectivity index (χ4v) is 3.35. The van der Waals surface area contributed by atoms with E-state index in [0.717, 1.165) is 22.7 Å². The maximum atomic E-state index is 13.4. The van der Waals surface area contributed by atoms with Crippen LogP contribution in [-0.2, 0) is 11.2 Å². The maximum Gasteiger partial charge on any atom is 0.351 e. The molecule has 3 atom stereocenters. The van der Waals surface area contributed by atoms with Crippen LogP contribution in [0.25, 0.3) is 0 Å². The first-order valence-electron chi connectivity index (χ1n) is 9.96. The van der Waals surface area contributed by atoms with Gasteiger partial charge < -0.3 is 25.0 Å². The van der Waals surface area contributed by atoms with Crippen molar-refractivity contribution in [3.05, 3.63) is 52.1 Å². The lowest BCUT2D eigenvalue weighted by Crippen LogP contribution is -2.39. The average Bonchev–Trinajstić information content (AvgIpc) is 3.07. The second kappa shape index (κ2) is 9.72. The zero-order valence-electron chi connectivity index (χ0n) is 17.6. The van der Waals surface area contributed by atoms with Gasteiger partial charge in [-0.2, -0.15) is 4.98 Å². The number of amides is 1.